The van der Waals surface area contributed by atoms with Crippen molar-refractivity contribution >= 4 is 33.1 Å². The topological polar surface area (TPSA) is 54.9 Å². The average Bonchev–Trinajstić information content (AvgIpc) is 2.95. The highest BCUT2D eigenvalue weighted by molar-refractivity contribution is 7.15. The molecule has 0 fully saturated rings. The van der Waals surface area contributed by atoms with Crippen LogP contribution >= 0.6 is 11.3 Å². The van der Waals surface area contributed by atoms with Crippen molar-refractivity contribution in [2.75, 3.05) is 5.32 Å². The highest BCUT2D eigenvalue weighted by Gasteiger charge is 2.13. The molecule has 4 nitrogen and oxygen atoms in total. The van der Waals surface area contributed by atoms with Gasteiger partial charge >= 0.3 is 0 Å². The number of carbonyl (C=O) groups excluding carboxylic acids is 1. The van der Waals surface area contributed by atoms with E-state index in [0.717, 1.165) is 15.8 Å². The molecule has 5 heteroatoms. The molecule has 106 valence electrons. The highest BCUT2D eigenvalue weighted by Crippen LogP contribution is 2.24. The van der Waals surface area contributed by atoms with Gasteiger partial charge < -0.3 is 0 Å². The Labute approximate surface area is 126 Å². The molecule has 0 saturated heterocycles. The Balaban J connectivity index is 1.90. The number of nitrogens with one attached hydrogen (secondary N) is 1. The standard InChI is InChI=1S/C16H15N3OS/c1-10(2)15-18-19-16(21-15)17-14(20)13-9-5-7-11-6-3-4-8-12(11)13/h3-10H,1-2H3,(H,17,19,20). The van der Waals surface area contributed by atoms with Gasteiger partial charge in [0.05, 0.1) is 0 Å². The van der Waals surface area contributed by atoms with Crippen LogP contribution in [-0.2, 0) is 0 Å². The van der Waals surface area contributed by atoms with Crippen LogP contribution < -0.4 is 5.32 Å². The summed E-state index contributed by atoms with van der Waals surface area (Å²) in [6.07, 6.45) is 0. The van der Waals surface area contributed by atoms with Gasteiger partial charge in [0.2, 0.25) is 5.13 Å². The van der Waals surface area contributed by atoms with Gasteiger partial charge in [-0.2, -0.15) is 0 Å². The quantitative estimate of drug-likeness (QED) is 0.793. The van der Waals surface area contributed by atoms with Crippen molar-refractivity contribution < 1.29 is 4.79 Å². The van der Waals surface area contributed by atoms with Gasteiger partial charge in [-0.3, -0.25) is 10.1 Å². The van der Waals surface area contributed by atoms with Crippen LogP contribution in [0.25, 0.3) is 10.8 Å². The number of nitrogens with zero attached hydrogens (tertiary/aromatic N) is 2. The Hall–Kier alpha value is -2.27. The fraction of sp³-hybridized carbons (Fsp3) is 0.188. The number of carbonyl (C=O) groups is 1. The molecule has 0 radical (unpaired) electrons. The fourth-order valence-corrected chi connectivity index (χ4v) is 2.85. The first-order valence-corrected chi connectivity index (χ1v) is 7.59. The smallest absolute Gasteiger partial charge is 0.258 e. The third-order valence-electron chi connectivity index (χ3n) is 3.19. The molecule has 1 N–H and O–H groups in total. The molecule has 0 aliphatic carbocycles. The maximum absolute atomic E-state index is 12.4. The van der Waals surface area contributed by atoms with Gasteiger partial charge in [-0.1, -0.05) is 61.6 Å². The lowest BCUT2D eigenvalue weighted by molar-refractivity contribution is 0.102. The van der Waals surface area contributed by atoms with E-state index < -0.39 is 0 Å². The van der Waals surface area contributed by atoms with E-state index in [4.69, 9.17) is 0 Å². The summed E-state index contributed by atoms with van der Waals surface area (Å²) in [5.74, 6) is 0.156. The summed E-state index contributed by atoms with van der Waals surface area (Å²) in [6.45, 7) is 4.10. The normalized spacial score (nSPS) is 11.0. The van der Waals surface area contributed by atoms with Crippen molar-refractivity contribution in [1.82, 2.24) is 10.2 Å². The van der Waals surface area contributed by atoms with E-state index in [0.29, 0.717) is 16.6 Å². The summed E-state index contributed by atoms with van der Waals surface area (Å²) in [5.41, 5.74) is 0.648. The second kappa shape index (κ2) is 5.61. The summed E-state index contributed by atoms with van der Waals surface area (Å²) in [5, 5.41) is 14.4. The van der Waals surface area contributed by atoms with Gasteiger partial charge in [-0.05, 0) is 16.8 Å². The van der Waals surface area contributed by atoms with E-state index in [1.807, 2.05) is 42.5 Å². The molecular formula is C16H15N3OS. The number of rotatable bonds is 3. The van der Waals surface area contributed by atoms with Gasteiger partial charge in [0.1, 0.15) is 5.01 Å². The minimum Gasteiger partial charge on any atom is -0.296 e. The number of benzene rings is 2. The lowest BCUT2D eigenvalue weighted by atomic mass is 10.0. The van der Waals surface area contributed by atoms with Crippen LogP contribution in [0.15, 0.2) is 42.5 Å². The second-order valence-corrected chi connectivity index (χ2v) is 6.09. The lowest BCUT2D eigenvalue weighted by Gasteiger charge is -2.05. The van der Waals surface area contributed by atoms with Crippen molar-refractivity contribution in [2.24, 2.45) is 0 Å². The fourth-order valence-electron chi connectivity index (χ4n) is 2.11. The summed E-state index contributed by atoms with van der Waals surface area (Å²) in [7, 11) is 0. The maximum atomic E-state index is 12.4. The first kappa shape index (κ1) is 13.7. The third kappa shape index (κ3) is 2.78. The van der Waals surface area contributed by atoms with Crippen LogP contribution in [-0.4, -0.2) is 16.1 Å². The molecule has 0 spiro atoms. The average molecular weight is 297 g/mol. The van der Waals surface area contributed by atoms with E-state index in [2.05, 4.69) is 29.4 Å². The molecule has 0 aliphatic heterocycles. The number of fused-ring (bicyclic) bond motifs is 1. The van der Waals surface area contributed by atoms with E-state index >= 15 is 0 Å². The van der Waals surface area contributed by atoms with Crippen LogP contribution in [0.1, 0.15) is 35.1 Å². The zero-order valence-corrected chi connectivity index (χ0v) is 12.6. The van der Waals surface area contributed by atoms with Crippen LogP contribution in [0, 0.1) is 0 Å². The van der Waals surface area contributed by atoms with Gasteiger partial charge in [0, 0.05) is 11.5 Å². The molecular weight excluding hydrogens is 282 g/mol. The van der Waals surface area contributed by atoms with Crippen LogP contribution in [0.4, 0.5) is 5.13 Å². The molecule has 0 unspecified atom stereocenters. The molecule has 1 heterocycles. The number of amides is 1. The minimum absolute atomic E-state index is 0.154. The molecule has 1 amide bonds. The first-order chi connectivity index (χ1) is 10.1. The van der Waals surface area contributed by atoms with Crippen molar-refractivity contribution in [3.8, 4) is 0 Å². The van der Waals surface area contributed by atoms with Gasteiger partial charge in [0.25, 0.3) is 5.91 Å². The summed E-state index contributed by atoms with van der Waals surface area (Å²) in [6, 6.07) is 13.5. The number of hydrogen-bond donors (Lipinski definition) is 1. The predicted molar refractivity (Wildman–Crippen MR) is 85.9 cm³/mol. The summed E-state index contributed by atoms with van der Waals surface area (Å²) >= 11 is 1.42. The van der Waals surface area contributed by atoms with E-state index in [-0.39, 0.29) is 5.91 Å². The molecule has 3 rings (SSSR count). The maximum Gasteiger partial charge on any atom is 0.258 e. The zero-order chi connectivity index (χ0) is 14.8. The van der Waals surface area contributed by atoms with Crippen molar-refractivity contribution in [2.45, 2.75) is 19.8 Å². The minimum atomic E-state index is -0.154. The highest BCUT2D eigenvalue weighted by atomic mass is 32.1. The Morgan fingerprint density at radius 2 is 1.86 bits per heavy atom. The Bertz CT molecular complexity index is 790. The number of aromatic nitrogens is 2. The third-order valence-corrected chi connectivity index (χ3v) is 4.33. The van der Waals surface area contributed by atoms with Crippen LogP contribution in [0.5, 0.6) is 0 Å². The SMILES string of the molecule is CC(C)c1nnc(NC(=O)c2cccc3ccccc23)s1. The van der Waals surface area contributed by atoms with E-state index in [1.54, 1.807) is 0 Å². The molecule has 1 aromatic heterocycles. The molecule has 0 saturated carbocycles. The van der Waals surface area contributed by atoms with Crippen LogP contribution in [0.3, 0.4) is 0 Å². The van der Waals surface area contributed by atoms with Crippen molar-refractivity contribution in [3.05, 3.63) is 53.0 Å². The second-order valence-electron chi connectivity index (χ2n) is 5.08. The summed E-state index contributed by atoms with van der Waals surface area (Å²) in [4.78, 5) is 12.4. The van der Waals surface area contributed by atoms with Crippen molar-refractivity contribution in [1.29, 1.82) is 0 Å². The molecule has 0 aliphatic rings. The number of hydrogen-bond acceptors (Lipinski definition) is 4. The molecule has 3 aromatic rings. The summed E-state index contributed by atoms with van der Waals surface area (Å²) < 4.78 is 0. The molecule has 0 bridgehead atoms. The Kier molecular flexibility index (Phi) is 3.66. The molecule has 0 atom stereocenters. The Morgan fingerprint density at radius 1 is 1.10 bits per heavy atom. The largest absolute Gasteiger partial charge is 0.296 e. The van der Waals surface area contributed by atoms with E-state index in [1.165, 1.54) is 11.3 Å². The van der Waals surface area contributed by atoms with Gasteiger partial charge in [0.15, 0.2) is 0 Å². The van der Waals surface area contributed by atoms with Crippen molar-refractivity contribution in [3.63, 3.8) is 0 Å². The molecule has 2 aromatic carbocycles. The van der Waals surface area contributed by atoms with Crippen LogP contribution in [0.2, 0.25) is 0 Å². The number of anilines is 1. The van der Waals surface area contributed by atoms with Gasteiger partial charge in [-0.25, -0.2) is 0 Å². The lowest BCUT2D eigenvalue weighted by Crippen LogP contribution is -2.12. The monoisotopic (exact) mass is 297 g/mol. The van der Waals surface area contributed by atoms with E-state index in [9.17, 15) is 4.79 Å². The zero-order valence-electron chi connectivity index (χ0n) is 11.8. The predicted octanol–water partition coefficient (Wildman–Crippen LogP) is 4.07. The first-order valence-electron chi connectivity index (χ1n) is 6.77. The molecule has 21 heavy (non-hydrogen) atoms. The Morgan fingerprint density at radius 3 is 2.62 bits per heavy atom. The van der Waals surface area contributed by atoms with Gasteiger partial charge in [-0.15, -0.1) is 10.2 Å².